The highest BCUT2D eigenvalue weighted by Crippen LogP contribution is 2.34. The van der Waals surface area contributed by atoms with Crippen LogP contribution in [0.5, 0.6) is 5.75 Å². The number of ether oxygens (including phenoxy) is 1. The molecule has 0 aliphatic heterocycles. The van der Waals surface area contributed by atoms with Gasteiger partial charge >= 0.3 is 0 Å². The molecular weight excluding hydrogens is 430 g/mol. The van der Waals surface area contributed by atoms with Gasteiger partial charge in [0.1, 0.15) is 5.75 Å². The van der Waals surface area contributed by atoms with Crippen molar-refractivity contribution in [3.8, 4) is 5.75 Å². The number of halogens is 1. The van der Waals surface area contributed by atoms with Gasteiger partial charge in [0.2, 0.25) is 0 Å². The molecule has 33 heavy (non-hydrogen) atoms. The van der Waals surface area contributed by atoms with E-state index in [0.29, 0.717) is 5.02 Å². The molecule has 4 aromatic rings. The molecule has 0 amide bonds. The van der Waals surface area contributed by atoms with E-state index in [1.807, 2.05) is 30.3 Å². The molecule has 0 saturated carbocycles. The second kappa shape index (κ2) is 10.9. The minimum absolute atomic E-state index is 0.695. The van der Waals surface area contributed by atoms with E-state index in [-0.39, 0.29) is 0 Å². The molecule has 5 heteroatoms. The molecule has 0 spiro atoms. The summed E-state index contributed by atoms with van der Waals surface area (Å²) in [6.45, 7) is 8.42. The van der Waals surface area contributed by atoms with Crippen LogP contribution in [-0.2, 0) is 6.54 Å². The summed E-state index contributed by atoms with van der Waals surface area (Å²) in [5, 5.41) is 6.54. The Balaban J connectivity index is 1.51. The quantitative estimate of drug-likeness (QED) is 0.202. The SMILES string of the molecule is CCCN(CCCNc1c2ccc(Cl)cc2nc2ccc(OC)cc12)Cc1cccc(C)c1. The third kappa shape index (κ3) is 5.76. The van der Waals surface area contributed by atoms with Crippen molar-refractivity contribution in [3.05, 3.63) is 76.8 Å². The number of hydrogen-bond donors (Lipinski definition) is 1. The Hall–Kier alpha value is -2.82. The molecule has 0 unspecified atom stereocenters. The van der Waals surface area contributed by atoms with Crippen molar-refractivity contribution >= 4 is 39.1 Å². The molecule has 1 N–H and O–H groups in total. The van der Waals surface area contributed by atoms with E-state index >= 15 is 0 Å². The van der Waals surface area contributed by atoms with E-state index < -0.39 is 0 Å². The van der Waals surface area contributed by atoms with Crippen LogP contribution in [0.25, 0.3) is 21.8 Å². The van der Waals surface area contributed by atoms with Gasteiger partial charge in [-0.3, -0.25) is 4.90 Å². The molecule has 4 rings (SSSR count). The maximum Gasteiger partial charge on any atom is 0.119 e. The molecule has 1 heterocycles. The van der Waals surface area contributed by atoms with Crippen LogP contribution in [0.3, 0.4) is 0 Å². The molecule has 0 saturated heterocycles. The molecule has 4 nitrogen and oxygen atoms in total. The van der Waals surface area contributed by atoms with Gasteiger partial charge in [-0.05, 0) is 68.3 Å². The first-order chi connectivity index (χ1) is 16.1. The number of hydrogen-bond acceptors (Lipinski definition) is 4. The average Bonchev–Trinajstić information content (AvgIpc) is 2.80. The Morgan fingerprint density at radius 3 is 2.64 bits per heavy atom. The Morgan fingerprint density at radius 2 is 1.85 bits per heavy atom. The first-order valence-corrected chi connectivity index (χ1v) is 12.0. The number of nitrogens with zero attached hydrogens (tertiary/aromatic N) is 2. The van der Waals surface area contributed by atoms with Gasteiger partial charge in [-0.15, -0.1) is 0 Å². The summed E-state index contributed by atoms with van der Waals surface area (Å²) in [7, 11) is 1.69. The van der Waals surface area contributed by atoms with Crippen molar-refractivity contribution in [1.29, 1.82) is 0 Å². The van der Waals surface area contributed by atoms with Crippen molar-refractivity contribution in [2.24, 2.45) is 0 Å². The van der Waals surface area contributed by atoms with Gasteiger partial charge in [-0.25, -0.2) is 4.98 Å². The van der Waals surface area contributed by atoms with Crippen LogP contribution in [-0.4, -0.2) is 36.6 Å². The van der Waals surface area contributed by atoms with Crippen LogP contribution < -0.4 is 10.1 Å². The summed E-state index contributed by atoms with van der Waals surface area (Å²) >= 11 is 6.25. The Labute approximate surface area is 201 Å². The molecule has 0 atom stereocenters. The van der Waals surface area contributed by atoms with Gasteiger partial charge in [0.25, 0.3) is 0 Å². The van der Waals surface area contributed by atoms with Gasteiger partial charge < -0.3 is 10.1 Å². The maximum atomic E-state index is 6.25. The zero-order valence-corrected chi connectivity index (χ0v) is 20.5. The number of rotatable bonds is 10. The highest BCUT2D eigenvalue weighted by atomic mass is 35.5. The number of aryl methyl sites for hydroxylation is 1. The lowest BCUT2D eigenvalue weighted by Crippen LogP contribution is -2.26. The molecule has 0 aliphatic carbocycles. The fourth-order valence-electron chi connectivity index (χ4n) is 4.38. The number of benzene rings is 3. The third-order valence-electron chi connectivity index (χ3n) is 5.92. The fraction of sp³-hybridized carbons (Fsp3) is 0.321. The largest absolute Gasteiger partial charge is 0.497 e. The molecule has 3 aromatic carbocycles. The Bertz CT molecular complexity index is 1240. The number of methoxy groups -OCH3 is 1. The Morgan fingerprint density at radius 1 is 0.970 bits per heavy atom. The number of fused-ring (bicyclic) bond motifs is 2. The number of anilines is 1. The summed E-state index contributed by atoms with van der Waals surface area (Å²) in [5.41, 5.74) is 5.62. The van der Waals surface area contributed by atoms with Crippen molar-refractivity contribution in [1.82, 2.24) is 9.88 Å². The first kappa shape index (κ1) is 23.3. The van der Waals surface area contributed by atoms with Crippen molar-refractivity contribution in [3.63, 3.8) is 0 Å². The predicted octanol–water partition coefficient (Wildman–Crippen LogP) is 7.07. The summed E-state index contributed by atoms with van der Waals surface area (Å²) < 4.78 is 5.47. The van der Waals surface area contributed by atoms with Crippen LogP contribution in [0.2, 0.25) is 5.02 Å². The third-order valence-corrected chi connectivity index (χ3v) is 6.16. The summed E-state index contributed by atoms with van der Waals surface area (Å²) in [6, 6.07) is 20.7. The van der Waals surface area contributed by atoms with Crippen LogP contribution in [0.1, 0.15) is 30.9 Å². The lowest BCUT2D eigenvalue weighted by molar-refractivity contribution is 0.265. The molecule has 172 valence electrons. The molecule has 1 aromatic heterocycles. The summed E-state index contributed by atoms with van der Waals surface area (Å²) in [5.74, 6) is 0.827. The molecule has 0 bridgehead atoms. The highest BCUT2D eigenvalue weighted by molar-refractivity contribution is 6.31. The minimum atomic E-state index is 0.695. The van der Waals surface area contributed by atoms with Crippen molar-refractivity contribution < 1.29 is 4.74 Å². The molecule has 0 radical (unpaired) electrons. The van der Waals surface area contributed by atoms with Crippen LogP contribution in [0, 0.1) is 6.92 Å². The summed E-state index contributed by atoms with van der Waals surface area (Å²) in [4.78, 5) is 7.36. The average molecular weight is 462 g/mol. The van der Waals surface area contributed by atoms with Crippen LogP contribution in [0.15, 0.2) is 60.7 Å². The molecule has 0 aliphatic rings. The normalized spacial score (nSPS) is 11.4. The van der Waals surface area contributed by atoms with E-state index in [2.05, 4.69) is 54.4 Å². The molecular formula is C28H32ClN3O. The standard InChI is InChI=1S/C28H32ClN3O/c1-4-14-32(19-21-8-5-7-20(2)16-21)15-6-13-30-28-24-11-9-22(29)17-27(24)31-26-12-10-23(33-3)18-25(26)28/h5,7-12,16-18H,4,6,13-15,19H2,1-3H3,(H,30,31). The van der Waals surface area contributed by atoms with Crippen LogP contribution >= 0.6 is 11.6 Å². The second-order valence-electron chi connectivity index (χ2n) is 8.58. The maximum absolute atomic E-state index is 6.25. The molecule has 0 fully saturated rings. The van der Waals surface area contributed by atoms with E-state index in [4.69, 9.17) is 21.3 Å². The Kier molecular flexibility index (Phi) is 7.69. The van der Waals surface area contributed by atoms with Crippen LogP contribution in [0.4, 0.5) is 5.69 Å². The zero-order chi connectivity index (χ0) is 23.2. The van der Waals surface area contributed by atoms with E-state index in [1.54, 1.807) is 7.11 Å². The number of pyridine rings is 1. The van der Waals surface area contributed by atoms with Gasteiger partial charge in [0.15, 0.2) is 0 Å². The number of aromatic nitrogens is 1. The van der Waals surface area contributed by atoms with Crippen molar-refractivity contribution in [2.45, 2.75) is 33.2 Å². The van der Waals surface area contributed by atoms with Gasteiger partial charge in [0.05, 0.1) is 23.8 Å². The van der Waals surface area contributed by atoms with E-state index in [1.165, 1.54) is 11.1 Å². The predicted molar refractivity (Wildman–Crippen MR) is 141 cm³/mol. The fourth-order valence-corrected chi connectivity index (χ4v) is 4.55. The lowest BCUT2D eigenvalue weighted by Gasteiger charge is -2.22. The van der Waals surface area contributed by atoms with E-state index in [0.717, 1.165) is 72.3 Å². The smallest absolute Gasteiger partial charge is 0.119 e. The zero-order valence-electron chi connectivity index (χ0n) is 19.7. The topological polar surface area (TPSA) is 37.4 Å². The highest BCUT2D eigenvalue weighted by Gasteiger charge is 2.11. The second-order valence-corrected chi connectivity index (χ2v) is 9.01. The number of nitrogens with one attached hydrogen (secondary N) is 1. The first-order valence-electron chi connectivity index (χ1n) is 11.7. The monoisotopic (exact) mass is 461 g/mol. The summed E-state index contributed by atoms with van der Waals surface area (Å²) in [6.07, 6.45) is 2.20. The van der Waals surface area contributed by atoms with E-state index in [9.17, 15) is 0 Å². The van der Waals surface area contributed by atoms with Gasteiger partial charge in [-0.2, -0.15) is 0 Å². The van der Waals surface area contributed by atoms with Gasteiger partial charge in [0, 0.05) is 35.4 Å². The lowest BCUT2D eigenvalue weighted by atomic mass is 10.1. The minimum Gasteiger partial charge on any atom is -0.497 e. The van der Waals surface area contributed by atoms with Gasteiger partial charge in [-0.1, -0.05) is 48.4 Å². The van der Waals surface area contributed by atoms with Crippen molar-refractivity contribution in [2.75, 3.05) is 32.1 Å².